The van der Waals surface area contributed by atoms with Crippen molar-refractivity contribution in [3.8, 4) is 0 Å². The second-order valence-electron chi connectivity index (χ2n) is 4.56. The molecule has 8 nitrogen and oxygen atoms in total. The third-order valence-electron chi connectivity index (χ3n) is 2.70. The molecule has 1 aromatic carbocycles. The third kappa shape index (κ3) is 4.47. The van der Waals surface area contributed by atoms with Crippen LogP contribution in [0.5, 0.6) is 0 Å². The summed E-state index contributed by atoms with van der Waals surface area (Å²) < 4.78 is 80.2. The Bertz CT molecular complexity index is 852. The summed E-state index contributed by atoms with van der Waals surface area (Å²) in [5.41, 5.74) is 6.62. The minimum absolute atomic E-state index is 0.137. The van der Waals surface area contributed by atoms with Gasteiger partial charge in [0.15, 0.2) is 28.2 Å². The Balaban J connectivity index is 3.12. The molecule has 0 aliphatic rings. The zero-order valence-corrected chi connectivity index (χ0v) is 13.4. The minimum atomic E-state index is -5.01. The number of nitrogens with one attached hydrogen (secondary N) is 2. The number of rotatable bonds is 7. The number of hydrogen-bond donors (Lipinski definition) is 2. The lowest BCUT2D eigenvalue weighted by atomic mass is 10.2. The van der Waals surface area contributed by atoms with E-state index in [9.17, 15) is 30.8 Å². The minimum Gasteiger partial charge on any atom is -0.351 e. The summed E-state index contributed by atoms with van der Waals surface area (Å²) in [5.74, 6) is -9.41. The molecule has 0 radical (unpaired) electrons. The van der Waals surface area contributed by atoms with E-state index in [0.29, 0.717) is 0 Å². The molecule has 1 aromatic rings. The van der Waals surface area contributed by atoms with E-state index in [1.807, 2.05) is 4.91 Å². The summed E-state index contributed by atoms with van der Waals surface area (Å²) in [6.45, 7) is 3.91. The summed E-state index contributed by atoms with van der Waals surface area (Å²) in [6, 6.07) is 0. The van der Waals surface area contributed by atoms with Gasteiger partial charge in [0, 0.05) is 23.6 Å². The van der Waals surface area contributed by atoms with Crippen LogP contribution >= 0.6 is 0 Å². The highest BCUT2D eigenvalue weighted by molar-refractivity contribution is 7.89. The van der Waals surface area contributed by atoms with Gasteiger partial charge in [0.05, 0.1) is 0 Å². The number of carbonyl (C=O) groups excluding carboxylic acids is 1. The molecular formula is C12H11F4N5O3S. The number of amides is 1. The van der Waals surface area contributed by atoms with Gasteiger partial charge in [0.25, 0.3) is 0 Å². The second kappa shape index (κ2) is 7.96. The van der Waals surface area contributed by atoms with Gasteiger partial charge in [0.1, 0.15) is 5.69 Å². The maximum atomic E-state index is 13.8. The van der Waals surface area contributed by atoms with Crippen molar-refractivity contribution >= 4 is 21.6 Å². The normalized spacial score (nSPS) is 10.9. The lowest BCUT2D eigenvalue weighted by Gasteiger charge is -2.11. The van der Waals surface area contributed by atoms with Gasteiger partial charge in [-0.25, -0.2) is 30.7 Å². The molecule has 0 bridgehead atoms. The van der Waals surface area contributed by atoms with Gasteiger partial charge in [-0.2, -0.15) is 0 Å². The molecule has 0 aliphatic heterocycles. The number of carbonyl (C=O) groups is 1. The van der Waals surface area contributed by atoms with Gasteiger partial charge in [0.2, 0.25) is 15.9 Å². The van der Waals surface area contributed by atoms with Crippen LogP contribution in [0.4, 0.5) is 23.2 Å². The Morgan fingerprint density at radius 3 is 2.12 bits per heavy atom. The van der Waals surface area contributed by atoms with E-state index in [1.165, 1.54) is 6.92 Å². The van der Waals surface area contributed by atoms with Gasteiger partial charge >= 0.3 is 0 Å². The number of hydrogen-bond acceptors (Lipinski definition) is 4. The van der Waals surface area contributed by atoms with E-state index >= 15 is 0 Å². The lowest BCUT2D eigenvalue weighted by molar-refractivity contribution is -0.117. The zero-order chi connectivity index (χ0) is 19.4. The van der Waals surface area contributed by atoms with Crippen molar-refractivity contribution in [2.75, 3.05) is 13.1 Å². The number of halogens is 4. The van der Waals surface area contributed by atoms with Crippen molar-refractivity contribution < 1.29 is 30.8 Å². The van der Waals surface area contributed by atoms with Crippen molar-refractivity contribution in [1.82, 2.24) is 10.0 Å². The van der Waals surface area contributed by atoms with Crippen molar-refractivity contribution in [3.05, 3.63) is 45.9 Å². The van der Waals surface area contributed by atoms with Crippen LogP contribution in [0.3, 0.4) is 0 Å². The first-order valence-electron chi connectivity index (χ1n) is 6.39. The molecule has 0 atom stereocenters. The molecule has 13 heteroatoms. The fourth-order valence-corrected chi connectivity index (χ4v) is 2.72. The molecule has 0 saturated carbocycles. The van der Waals surface area contributed by atoms with Crippen LogP contribution in [0.2, 0.25) is 0 Å². The molecule has 0 aromatic heterocycles. The first-order chi connectivity index (χ1) is 11.5. The SMILES string of the molecule is C=C(C)C(=O)NCCNS(=O)(=O)c1c(F)c(F)c(N=[N+]=[N-])c(F)c1F. The van der Waals surface area contributed by atoms with Crippen molar-refractivity contribution in [3.63, 3.8) is 0 Å². The molecule has 0 spiro atoms. The third-order valence-corrected chi connectivity index (χ3v) is 4.18. The molecule has 25 heavy (non-hydrogen) atoms. The van der Waals surface area contributed by atoms with Crippen molar-refractivity contribution in [1.29, 1.82) is 0 Å². The van der Waals surface area contributed by atoms with E-state index < -0.39 is 56.3 Å². The maximum Gasteiger partial charge on any atom is 0.246 e. The van der Waals surface area contributed by atoms with Crippen LogP contribution in [0, 0.1) is 23.3 Å². The van der Waals surface area contributed by atoms with E-state index in [2.05, 4.69) is 17.0 Å². The molecule has 1 rings (SSSR count). The number of sulfonamides is 1. The predicted molar refractivity (Wildman–Crippen MR) is 78.1 cm³/mol. The summed E-state index contributed by atoms with van der Waals surface area (Å²) in [7, 11) is -5.01. The number of nitrogens with zero attached hydrogens (tertiary/aromatic N) is 3. The van der Waals surface area contributed by atoms with Crippen LogP contribution in [0.25, 0.3) is 10.4 Å². The Morgan fingerprint density at radius 1 is 1.16 bits per heavy atom. The highest BCUT2D eigenvalue weighted by Crippen LogP contribution is 2.32. The summed E-state index contributed by atoms with van der Waals surface area (Å²) in [4.78, 5) is 11.3. The molecule has 2 N–H and O–H groups in total. The van der Waals surface area contributed by atoms with Gasteiger partial charge in [-0.3, -0.25) is 4.79 Å². The molecule has 0 fully saturated rings. The topological polar surface area (TPSA) is 124 Å². The molecule has 0 aliphatic carbocycles. The Kier molecular flexibility index (Phi) is 6.50. The van der Waals surface area contributed by atoms with Crippen LogP contribution < -0.4 is 10.0 Å². The molecule has 0 saturated heterocycles. The predicted octanol–water partition coefficient (Wildman–Crippen LogP) is 2.16. The Labute approximate surface area is 139 Å². The first-order valence-corrected chi connectivity index (χ1v) is 7.87. The van der Waals surface area contributed by atoms with E-state index in [4.69, 9.17) is 5.53 Å². The van der Waals surface area contributed by atoms with Gasteiger partial charge in [-0.15, -0.1) is 0 Å². The molecule has 1 amide bonds. The molecule has 136 valence electrons. The van der Waals surface area contributed by atoms with Crippen LogP contribution in [0.1, 0.15) is 6.92 Å². The zero-order valence-electron chi connectivity index (χ0n) is 12.6. The fourth-order valence-electron chi connectivity index (χ4n) is 1.55. The van der Waals surface area contributed by atoms with Gasteiger partial charge in [-0.1, -0.05) is 11.7 Å². The van der Waals surface area contributed by atoms with Crippen LogP contribution in [0.15, 0.2) is 22.2 Å². The second-order valence-corrected chi connectivity index (χ2v) is 6.26. The highest BCUT2D eigenvalue weighted by Gasteiger charge is 2.32. The molecule has 0 heterocycles. The smallest absolute Gasteiger partial charge is 0.246 e. The summed E-state index contributed by atoms with van der Waals surface area (Å²) >= 11 is 0. The average molecular weight is 381 g/mol. The van der Waals surface area contributed by atoms with Crippen molar-refractivity contribution in [2.24, 2.45) is 5.11 Å². The van der Waals surface area contributed by atoms with E-state index in [1.54, 1.807) is 4.72 Å². The summed E-state index contributed by atoms with van der Waals surface area (Å²) in [6.07, 6.45) is 0. The van der Waals surface area contributed by atoms with Crippen LogP contribution in [-0.4, -0.2) is 27.4 Å². The van der Waals surface area contributed by atoms with E-state index in [0.717, 1.165) is 0 Å². The standard InChI is InChI=1S/C12H11F4N5O3S/c1-5(2)12(22)18-3-4-19-25(23,24)11-8(15)6(13)10(20-21-17)7(14)9(11)16/h19H,1,3-4H2,2H3,(H,18,22). The fraction of sp³-hybridized carbons (Fsp3) is 0.250. The highest BCUT2D eigenvalue weighted by atomic mass is 32.2. The Morgan fingerprint density at radius 2 is 1.68 bits per heavy atom. The Hall–Kier alpha value is -2.63. The first kappa shape index (κ1) is 20.4. The maximum absolute atomic E-state index is 13.8. The number of benzene rings is 1. The average Bonchev–Trinajstić information content (AvgIpc) is 2.53. The van der Waals surface area contributed by atoms with E-state index in [-0.39, 0.29) is 12.1 Å². The van der Waals surface area contributed by atoms with Gasteiger partial charge in [-0.05, 0) is 12.5 Å². The van der Waals surface area contributed by atoms with Crippen molar-refractivity contribution in [2.45, 2.75) is 11.8 Å². The van der Waals surface area contributed by atoms with Crippen LogP contribution in [-0.2, 0) is 14.8 Å². The monoisotopic (exact) mass is 381 g/mol. The van der Waals surface area contributed by atoms with Gasteiger partial charge < -0.3 is 5.32 Å². The number of azide groups is 1. The molecule has 0 unspecified atom stereocenters. The summed E-state index contributed by atoms with van der Waals surface area (Å²) in [5, 5.41) is 4.67. The quantitative estimate of drug-likeness (QED) is 0.143. The largest absolute Gasteiger partial charge is 0.351 e. The molecular weight excluding hydrogens is 370 g/mol. The lowest BCUT2D eigenvalue weighted by Crippen LogP contribution is -2.35.